The fraction of sp³-hybridized carbons (Fsp3) is 0.455. The average Bonchev–Trinajstić information content (AvgIpc) is 2.14. The maximum absolute atomic E-state index is 13.3. The van der Waals surface area contributed by atoms with E-state index in [9.17, 15) is 8.78 Å². The summed E-state index contributed by atoms with van der Waals surface area (Å²) in [6.45, 7) is 1.80. The molecule has 78 valence electrons. The normalized spacial score (nSPS) is 10.6. The summed E-state index contributed by atoms with van der Waals surface area (Å²) < 4.78 is 25.7. The van der Waals surface area contributed by atoms with E-state index in [4.69, 9.17) is 0 Å². The van der Waals surface area contributed by atoms with Crippen molar-refractivity contribution >= 4 is 0 Å². The lowest BCUT2D eigenvalue weighted by atomic mass is 10.0. The van der Waals surface area contributed by atoms with Crippen molar-refractivity contribution in [1.82, 2.24) is 5.32 Å². The van der Waals surface area contributed by atoms with Gasteiger partial charge in [0.15, 0.2) is 0 Å². The van der Waals surface area contributed by atoms with Gasteiger partial charge in [-0.2, -0.15) is 0 Å². The number of benzene rings is 1. The number of rotatable bonds is 4. The van der Waals surface area contributed by atoms with Gasteiger partial charge in [0.2, 0.25) is 0 Å². The number of aryl methyl sites for hydroxylation is 1. The van der Waals surface area contributed by atoms with Crippen LogP contribution in [0.1, 0.15) is 16.7 Å². The van der Waals surface area contributed by atoms with Gasteiger partial charge in [-0.1, -0.05) is 6.07 Å². The molecule has 14 heavy (non-hydrogen) atoms. The fourth-order valence-electron chi connectivity index (χ4n) is 1.43. The highest BCUT2D eigenvalue weighted by Crippen LogP contribution is 2.17. The molecule has 1 N–H and O–H groups in total. The summed E-state index contributed by atoms with van der Waals surface area (Å²) >= 11 is 0. The SMILES string of the molecule is CNCCc1cc(C)c(CF)c(F)c1. The van der Waals surface area contributed by atoms with Crippen molar-refractivity contribution in [3.63, 3.8) is 0 Å². The van der Waals surface area contributed by atoms with E-state index in [1.54, 1.807) is 6.92 Å². The molecule has 0 atom stereocenters. The van der Waals surface area contributed by atoms with E-state index in [0.717, 1.165) is 18.5 Å². The Morgan fingerprint density at radius 1 is 1.36 bits per heavy atom. The van der Waals surface area contributed by atoms with Crippen LogP contribution in [0.3, 0.4) is 0 Å². The van der Waals surface area contributed by atoms with Crippen LogP contribution in [0.4, 0.5) is 8.78 Å². The standard InChI is InChI=1S/C11H15F2N/c1-8-5-9(3-4-14-2)6-11(13)10(8)7-12/h5-6,14H,3-4,7H2,1-2H3. The lowest BCUT2D eigenvalue weighted by Gasteiger charge is -2.07. The molecular formula is C11H15F2N. The molecule has 0 heterocycles. The van der Waals surface area contributed by atoms with Crippen molar-refractivity contribution in [1.29, 1.82) is 0 Å². The number of likely N-dealkylation sites (N-methyl/N-ethyl adjacent to an activating group) is 1. The van der Waals surface area contributed by atoms with Crippen LogP contribution < -0.4 is 5.32 Å². The summed E-state index contributed by atoms with van der Waals surface area (Å²) in [6, 6.07) is 3.26. The molecule has 0 fully saturated rings. The van der Waals surface area contributed by atoms with Gasteiger partial charge >= 0.3 is 0 Å². The third-order valence-electron chi connectivity index (χ3n) is 2.28. The fourth-order valence-corrected chi connectivity index (χ4v) is 1.43. The first-order valence-electron chi connectivity index (χ1n) is 4.67. The van der Waals surface area contributed by atoms with Gasteiger partial charge in [-0.05, 0) is 44.1 Å². The first-order chi connectivity index (χ1) is 6.69. The van der Waals surface area contributed by atoms with Gasteiger partial charge in [0.1, 0.15) is 12.5 Å². The Morgan fingerprint density at radius 3 is 2.57 bits per heavy atom. The second kappa shape index (κ2) is 5.05. The molecule has 1 nitrogen and oxygen atoms in total. The van der Waals surface area contributed by atoms with Crippen molar-refractivity contribution < 1.29 is 8.78 Å². The number of hydrogen-bond donors (Lipinski definition) is 1. The van der Waals surface area contributed by atoms with Crippen LogP contribution >= 0.6 is 0 Å². The highest BCUT2D eigenvalue weighted by atomic mass is 19.1. The maximum Gasteiger partial charge on any atom is 0.129 e. The minimum Gasteiger partial charge on any atom is -0.319 e. The van der Waals surface area contributed by atoms with E-state index >= 15 is 0 Å². The van der Waals surface area contributed by atoms with Crippen LogP contribution in [0.25, 0.3) is 0 Å². The van der Waals surface area contributed by atoms with Gasteiger partial charge in [-0.3, -0.25) is 0 Å². The largest absolute Gasteiger partial charge is 0.319 e. The Hall–Kier alpha value is -0.960. The van der Waals surface area contributed by atoms with Crippen molar-refractivity contribution in [2.24, 2.45) is 0 Å². The highest BCUT2D eigenvalue weighted by molar-refractivity contribution is 5.32. The number of hydrogen-bond acceptors (Lipinski definition) is 1. The van der Waals surface area contributed by atoms with E-state index in [-0.39, 0.29) is 5.56 Å². The molecule has 0 bridgehead atoms. The third-order valence-corrected chi connectivity index (χ3v) is 2.28. The zero-order chi connectivity index (χ0) is 10.6. The number of halogens is 2. The van der Waals surface area contributed by atoms with Crippen molar-refractivity contribution in [2.75, 3.05) is 13.6 Å². The van der Waals surface area contributed by atoms with Gasteiger partial charge < -0.3 is 5.32 Å². The molecule has 0 saturated heterocycles. The second-order valence-corrected chi connectivity index (χ2v) is 3.36. The number of nitrogens with one attached hydrogen (secondary N) is 1. The Balaban J connectivity index is 2.90. The monoisotopic (exact) mass is 199 g/mol. The molecule has 1 aromatic rings. The molecule has 1 aromatic carbocycles. The molecule has 0 aliphatic rings. The van der Waals surface area contributed by atoms with Crippen LogP contribution in [0.2, 0.25) is 0 Å². The third kappa shape index (κ3) is 2.51. The Bertz CT molecular complexity index is 287. The molecule has 3 heteroatoms. The van der Waals surface area contributed by atoms with Crippen LogP contribution in [0, 0.1) is 12.7 Å². The summed E-state index contributed by atoms with van der Waals surface area (Å²) in [5.41, 5.74) is 1.78. The van der Waals surface area contributed by atoms with Crippen LogP contribution in [0.15, 0.2) is 12.1 Å². The van der Waals surface area contributed by atoms with E-state index < -0.39 is 12.5 Å². The summed E-state index contributed by atoms with van der Waals surface area (Å²) in [4.78, 5) is 0. The first-order valence-corrected chi connectivity index (χ1v) is 4.67. The van der Waals surface area contributed by atoms with E-state index in [1.807, 2.05) is 13.1 Å². The lowest BCUT2D eigenvalue weighted by molar-refractivity contribution is 0.461. The average molecular weight is 199 g/mol. The highest BCUT2D eigenvalue weighted by Gasteiger charge is 2.07. The topological polar surface area (TPSA) is 12.0 Å². The predicted molar refractivity (Wildman–Crippen MR) is 53.6 cm³/mol. The zero-order valence-corrected chi connectivity index (χ0v) is 8.53. The summed E-state index contributed by atoms with van der Waals surface area (Å²) in [5, 5.41) is 2.99. The van der Waals surface area contributed by atoms with Crippen LogP contribution in [-0.2, 0) is 13.1 Å². The first kappa shape index (κ1) is 11.1. The van der Waals surface area contributed by atoms with Gasteiger partial charge in [-0.25, -0.2) is 8.78 Å². The van der Waals surface area contributed by atoms with Gasteiger partial charge in [0, 0.05) is 5.56 Å². The summed E-state index contributed by atoms with van der Waals surface area (Å²) in [7, 11) is 1.85. The van der Waals surface area contributed by atoms with Crippen LogP contribution in [0.5, 0.6) is 0 Å². The maximum atomic E-state index is 13.3. The summed E-state index contributed by atoms with van der Waals surface area (Å²) in [6.07, 6.45) is 0.765. The molecule has 0 aliphatic carbocycles. The van der Waals surface area contributed by atoms with E-state index in [2.05, 4.69) is 5.32 Å². The molecule has 0 aromatic heterocycles. The molecule has 0 spiro atoms. The zero-order valence-electron chi connectivity index (χ0n) is 8.53. The lowest BCUT2D eigenvalue weighted by Crippen LogP contribution is -2.10. The molecule has 0 aliphatic heterocycles. The van der Waals surface area contributed by atoms with Crippen molar-refractivity contribution in [2.45, 2.75) is 20.0 Å². The van der Waals surface area contributed by atoms with E-state index in [0.29, 0.717) is 5.56 Å². The van der Waals surface area contributed by atoms with Crippen molar-refractivity contribution in [3.05, 3.63) is 34.6 Å². The minimum absolute atomic E-state index is 0.179. The van der Waals surface area contributed by atoms with Gasteiger partial charge in [0.05, 0.1) is 0 Å². The molecule has 0 unspecified atom stereocenters. The van der Waals surface area contributed by atoms with Gasteiger partial charge in [-0.15, -0.1) is 0 Å². The molecule has 1 rings (SSSR count). The smallest absolute Gasteiger partial charge is 0.129 e. The second-order valence-electron chi connectivity index (χ2n) is 3.36. The molecule has 0 saturated carbocycles. The quantitative estimate of drug-likeness (QED) is 0.785. The van der Waals surface area contributed by atoms with Gasteiger partial charge in [0.25, 0.3) is 0 Å². The Kier molecular flexibility index (Phi) is 4.01. The molecular weight excluding hydrogens is 184 g/mol. The number of alkyl halides is 1. The van der Waals surface area contributed by atoms with E-state index in [1.165, 1.54) is 6.07 Å². The Morgan fingerprint density at radius 2 is 2.07 bits per heavy atom. The molecule has 0 amide bonds. The van der Waals surface area contributed by atoms with Crippen molar-refractivity contribution in [3.8, 4) is 0 Å². The molecule has 0 radical (unpaired) electrons. The summed E-state index contributed by atoms with van der Waals surface area (Å²) in [5.74, 6) is -0.432. The van der Waals surface area contributed by atoms with Crippen LogP contribution in [-0.4, -0.2) is 13.6 Å². The predicted octanol–water partition coefficient (Wildman–Crippen LogP) is 2.37. The minimum atomic E-state index is -0.732. The Labute approximate surface area is 83.1 Å².